The lowest BCUT2D eigenvalue weighted by molar-refractivity contribution is 0.0732. The number of aromatic nitrogens is 4. The topological polar surface area (TPSA) is 105 Å². The minimum absolute atomic E-state index is 0.0845. The van der Waals surface area contributed by atoms with E-state index in [2.05, 4.69) is 15.1 Å². The van der Waals surface area contributed by atoms with E-state index in [0.29, 0.717) is 52.5 Å². The smallest absolute Gasteiger partial charge is 0.256 e. The van der Waals surface area contributed by atoms with Crippen molar-refractivity contribution in [1.82, 2.24) is 24.6 Å². The molecule has 3 heterocycles. The number of carbonyl (C=O) groups is 1. The number of imidazole rings is 1. The molecule has 10 nitrogen and oxygen atoms in total. The molecule has 36 heavy (non-hydrogen) atoms. The van der Waals surface area contributed by atoms with Gasteiger partial charge >= 0.3 is 0 Å². The largest absolute Gasteiger partial charge is 0.497 e. The fourth-order valence-corrected chi connectivity index (χ4v) is 4.25. The van der Waals surface area contributed by atoms with Crippen LogP contribution < -0.4 is 14.2 Å². The molecule has 186 valence electrons. The van der Waals surface area contributed by atoms with Crippen LogP contribution in [0.4, 0.5) is 0 Å². The van der Waals surface area contributed by atoms with Gasteiger partial charge in [-0.2, -0.15) is 4.98 Å². The van der Waals surface area contributed by atoms with Gasteiger partial charge < -0.3 is 23.6 Å². The van der Waals surface area contributed by atoms with Crippen LogP contribution in [0.25, 0.3) is 17.2 Å². The van der Waals surface area contributed by atoms with Crippen molar-refractivity contribution >= 4 is 5.91 Å². The third-order valence-corrected chi connectivity index (χ3v) is 6.19. The first-order valence-electron chi connectivity index (χ1n) is 11.5. The molecule has 10 heteroatoms. The molecular weight excluding hydrogens is 462 g/mol. The van der Waals surface area contributed by atoms with Crippen LogP contribution in [-0.2, 0) is 13.1 Å². The van der Waals surface area contributed by atoms with Gasteiger partial charge in [-0.25, -0.2) is 4.98 Å². The van der Waals surface area contributed by atoms with E-state index in [1.165, 1.54) is 0 Å². The number of ether oxygens (including phenoxy) is 3. The summed E-state index contributed by atoms with van der Waals surface area (Å²) >= 11 is 0. The maximum Gasteiger partial charge on any atom is 0.256 e. The highest BCUT2D eigenvalue weighted by Crippen LogP contribution is 2.34. The van der Waals surface area contributed by atoms with Gasteiger partial charge in [0.15, 0.2) is 0 Å². The maximum absolute atomic E-state index is 13.9. The number of rotatable bonds is 7. The molecule has 0 N–H and O–H groups in total. The van der Waals surface area contributed by atoms with Crippen molar-refractivity contribution in [3.8, 4) is 34.5 Å². The number of amides is 1. The third-order valence-electron chi connectivity index (χ3n) is 6.19. The van der Waals surface area contributed by atoms with Gasteiger partial charge in [-0.15, -0.1) is 0 Å². The van der Waals surface area contributed by atoms with E-state index in [4.69, 9.17) is 18.7 Å². The Bertz CT molecular complexity index is 1420. The summed E-state index contributed by atoms with van der Waals surface area (Å²) in [6.07, 6.45) is 1.69. The number of hydrogen-bond donors (Lipinski definition) is 0. The predicted molar refractivity (Wildman–Crippen MR) is 131 cm³/mol. The molecule has 1 aliphatic rings. The Hall–Kier alpha value is -4.34. The number of benzene rings is 2. The van der Waals surface area contributed by atoms with Crippen LogP contribution in [-0.4, -0.2) is 51.8 Å². The summed E-state index contributed by atoms with van der Waals surface area (Å²) in [5.74, 6) is 2.75. The van der Waals surface area contributed by atoms with Gasteiger partial charge in [0, 0.05) is 17.5 Å². The number of carbonyl (C=O) groups excluding carboxylic acids is 1. The van der Waals surface area contributed by atoms with Crippen LogP contribution in [0.5, 0.6) is 17.2 Å². The van der Waals surface area contributed by atoms with E-state index in [-0.39, 0.29) is 18.4 Å². The van der Waals surface area contributed by atoms with Crippen molar-refractivity contribution in [1.29, 1.82) is 0 Å². The van der Waals surface area contributed by atoms with E-state index in [9.17, 15) is 4.79 Å². The summed E-state index contributed by atoms with van der Waals surface area (Å²) < 4.78 is 23.7. The second kappa shape index (κ2) is 9.37. The zero-order valence-corrected chi connectivity index (χ0v) is 20.8. The molecule has 0 spiro atoms. The first kappa shape index (κ1) is 23.4. The predicted octanol–water partition coefficient (Wildman–Crippen LogP) is 4.23. The average Bonchev–Trinajstić information content (AvgIpc) is 3.53. The Kier molecular flexibility index (Phi) is 6.09. The van der Waals surface area contributed by atoms with E-state index < -0.39 is 0 Å². The molecule has 0 aliphatic carbocycles. The molecule has 1 amide bonds. The Morgan fingerprint density at radius 1 is 1.03 bits per heavy atom. The maximum atomic E-state index is 13.9. The molecule has 0 radical (unpaired) electrons. The van der Waals surface area contributed by atoms with Crippen LogP contribution in [0.15, 0.2) is 47.2 Å². The lowest BCUT2D eigenvalue weighted by atomic mass is 10.1. The van der Waals surface area contributed by atoms with E-state index in [0.717, 1.165) is 11.3 Å². The monoisotopic (exact) mass is 489 g/mol. The van der Waals surface area contributed by atoms with Crippen molar-refractivity contribution < 1.29 is 23.5 Å². The van der Waals surface area contributed by atoms with Gasteiger partial charge in [-0.3, -0.25) is 9.36 Å². The summed E-state index contributed by atoms with van der Waals surface area (Å²) in [6.45, 7) is 4.54. The standard InChI is InChI=1S/C26H27N5O5/c1-15(2)25-28-24(29-36-25)23-21-13-30(12-16-6-7-18(34-4)11-22(16)35-5)26(32)19-10-17(33-3)8-9-20(19)31(21)14-27-23/h6-11,14-15H,12-13H2,1-5H3. The Morgan fingerprint density at radius 2 is 1.78 bits per heavy atom. The van der Waals surface area contributed by atoms with Crippen molar-refractivity contribution in [3.05, 3.63) is 65.4 Å². The molecule has 0 unspecified atom stereocenters. The van der Waals surface area contributed by atoms with E-state index in [1.807, 2.05) is 42.7 Å². The van der Waals surface area contributed by atoms with Gasteiger partial charge in [-0.05, 0) is 30.3 Å². The molecular formula is C26H27N5O5. The minimum Gasteiger partial charge on any atom is -0.497 e. The SMILES string of the molecule is COc1ccc(CN2Cc3c(-c4noc(C(C)C)n4)ncn3-c3ccc(OC)cc3C2=O)c(OC)c1. The summed E-state index contributed by atoms with van der Waals surface area (Å²) in [6, 6.07) is 11.0. The molecule has 0 saturated heterocycles. The molecule has 0 fully saturated rings. The van der Waals surface area contributed by atoms with Crippen molar-refractivity contribution in [3.63, 3.8) is 0 Å². The quantitative estimate of drug-likeness (QED) is 0.380. The zero-order chi connectivity index (χ0) is 25.4. The van der Waals surface area contributed by atoms with E-state index >= 15 is 0 Å². The first-order valence-corrected chi connectivity index (χ1v) is 11.5. The molecule has 5 rings (SSSR count). The molecule has 2 aromatic carbocycles. The summed E-state index contributed by atoms with van der Waals surface area (Å²) in [5, 5.41) is 4.16. The number of methoxy groups -OCH3 is 3. The molecule has 0 saturated carbocycles. The van der Waals surface area contributed by atoms with Crippen LogP contribution in [0.1, 0.15) is 47.3 Å². The van der Waals surface area contributed by atoms with Crippen LogP contribution >= 0.6 is 0 Å². The van der Waals surface area contributed by atoms with Gasteiger partial charge in [0.1, 0.15) is 29.3 Å². The Balaban J connectivity index is 1.63. The lowest BCUT2D eigenvalue weighted by Crippen LogP contribution is -2.29. The second-order valence-electron chi connectivity index (χ2n) is 8.74. The van der Waals surface area contributed by atoms with E-state index in [1.54, 1.807) is 44.7 Å². The third kappa shape index (κ3) is 4.04. The summed E-state index contributed by atoms with van der Waals surface area (Å²) in [5.41, 5.74) is 3.38. The highest BCUT2D eigenvalue weighted by molar-refractivity contribution is 5.99. The highest BCUT2D eigenvalue weighted by Gasteiger charge is 2.31. The van der Waals surface area contributed by atoms with Gasteiger partial charge in [0.05, 0.1) is 51.4 Å². The first-order chi connectivity index (χ1) is 17.4. The zero-order valence-electron chi connectivity index (χ0n) is 20.8. The fraction of sp³-hybridized carbons (Fsp3) is 0.308. The number of fused-ring (bicyclic) bond motifs is 3. The minimum atomic E-state index is -0.146. The average molecular weight is 490 g/mol. The second-order valence-corrected chi connectivity index (χ2v) is 8.74. The molecule has 4 aromatic rings. The van der Waals surface area contributed by atoms with Gasteiger partial charge in [0.25, 0.3) is 5.91 Å². The van der Waals surface area contributed by atoms with Crippen molar-refractivity contribution in [2.24, 2.45) is 0 Å². The van der Waals surface area contributed by atoms with Crippen LogP contribution in [0.3, 0.4) is 0 Å². The molecule has 2 aromatic heterocycles. The normalized spacial score (nSPS) is 12.8. The summed E-state index contributed by atoms with van der Waals surface area (Å²) in [4.78, 5) is 24.8. The van der Waals surface area contributed by atoms with Crippen LogP contribution in [0.2, 0.25) is 0 Å². The molecule has 0 atom stereocenters. The van der Waals surface area contributed by atoms with Crippen molar-refractivity contribution in [2.75, 3.05) is 21.3 Å². The Labute approximate surface area is 208 Å². The van der Waals surface area contributed by atoms with Gasteiger partial charge in [-0.1, -0.05) is 19.0 Å². The molecule has 1 aliphatic heterocycles. The number of hydrogen-bond acceptors (Lipinski definition) is 8. The Morgan fingerprint density at radius 3 is 2.47 bits per heavy atom. The van der Waals surface area contributed by atoms with Crippen LogP contribution in [0, 0.1) is 0 Å². The molecule has 0 bridgehead atoms. The highest BCUT2D eigenvalue weighted by atomic mass is 16.5. The van der Waals surface area contributed by atoms with Gasteiger partial charge in [0.2, 0.25) is 11.7 Å². The fourth-order valence-electron chi connectivity index (χ4n) is 4.25. The number of nitrogens with zero attached hydrogens (tertiary/aromatic N) is 5. The lowest BCUT2D eigenvalue weighted by Gasteiger charge is -2.22. The van der Waals surface area contributed by atoms with Crippen molar-refractivity contribution in [2.45, 2.75) is 32.9 Å². The summed E-state index contributed by atoms with van der Waals surface area (Å²) in [7, 11) is 4.77.